The number of hydrogen-bond donors (Lipinski definition) is 2. The summed E-state index contributed by atoms with van der Waals surface area (Å²) in [6.45, 7) is 7.40. The molecule has 3 aromatic rings. The third kappa shape index (κ3) is 3.26. The fourth-order valence-corrected chi connectivity index (χ4v) is 2.80. The van der Waals surface area contributed by atoms with Crippen LogP contribution >= 0.6 is 0 Å². The molecule has 2 N–H and O–H groups in total. The molecular weight excluding hydrogens is 316 g/mol. The lowest BCUT2D eigenvalue weighted by atomic mass is 10.00. The Morgan fingerprint density at radius 3 is 2.64 bits per heavy atom. The van der Waals surface area contributed by atoms with E-state index in [0.29, 0.717) is 22.4 Å². The van der Waals surface area contributed by atoms with Crippen molar-refractivity contribution in [3.05, 3.63) is 69.1 Å². The summed E-state index contributed by atoms with van der Waals surface area (Å²) in [6.07, 6.45) is 0. The molecule has 0 atom stereocenters. The average molecular weight is 336 g/mol. The van der Waals surface area contributed by atoms with Gasteiger partial charge in [-0.05, 0) is 57.0 Å². The Labute approximate surface area is 145 Å². The van der Waals surface area contributed by atoms with Crippen LogP contribution in [0.15, 0.2) is 50.7 Å². The molecule has 0 fully saturated rings. The van der Waals surface area contributed by atoms with E-state index in [2.05, 4.69) is 10.5 Å². The molecule has 5 heteroatoms. The zero-order valence-corrected chi connectivity index (χ0v) is 14.7. The summed E-state index contributed by atoms with van der Waals surface area (Å²) in [7, 11) is 0. The number of fused-ring (bicyclic) bond motifs is 1. The number of phenolic OH excluding ortho intramolecular Hbond substituents is 1. The van der Waals surface area contributed by atoms with Crippen LogP contribution in [-0.4, -0.2) is 10.8 Å². The van der Waals surface area contributed by atoms with Crippen molar-refractivity contribution in [2.45, 2.75) is 27.7 Å². The minimum absolute atomic E-state index is 0.0635. The predicted octanol–water partition coefficient (Wildman–Crippen LogP) is 4.26. The monoisotopic (exact) mass is 336 g/mol. The SMILES string of the molecule is C/C(=N/Nc1cccc(C)c1)c1cc2c(C)cc(=O)oc2c(C)c1O. The second-order valence-corrected chi connectivity index (χ2v) is 6.20. The van der Waals surface area contributed by atoms with Gasteiger partial charge in [-0.3, -0.25) is 5.43 Å². The number of hydrazone groups is 1. The van der Waals surface area contributed by atoms with Crippen molar-refractivity contribution in [2.75, 3.05) is 5.43 Å². The molecule has 0 aliphatic rings. The van der Waals surface area contributed by atoms with Crippen LogP contribution in [0.3, 0.4) is 0 Å². The molecule has 1 heterocycles. The standard InChI is InChI=1S/C20H20N2O3/c1-11-6-5-7-15(8-11)22-21-14(4)17-10-16-12(2)9-18(23)25-20(16)13(3)19(17)24/h5-10,22,24H,1-4H3/b21-14-. The molecule has 0 aliphatic heterocycles. The van der Waals surface area contributed by atoms with E-state index in [1.165, 1.54) is 6.07 Å². The van der Waals surface area contributed by atoms with E-state index >= 15 is 0 Å². The number of rotatable bonds is 3. The van der Waals surface area contributed by atoms with E-state index in [0.717, 1.165) is 22.2 Å². The highest BCUT2D eigenvalue weighted by Gasteiger charge is 2.15. The Kier molecular flexibility index (Phi) is 4.31. The normalized spacial score (nSPS) is 11.8. The highest BCUT2D eigenvalue weighted by atomic mass is 16.4. The van der Waals surface area contributed by atoms with Crippen LogP contribution in [0.1, 0.15) is 29.2 Å². The molecule has 0 bridgehead atoms. The molecule has 3 rings (SSSR count). The van der Waals surface area contributed by atoms with Gasteiger partial charge in [-0.15, -0.1) is 0 Å². The van der Waals surface area contributed by atoms with Crippen LogP contribution in [-0.2, 0) is 0 Å². The first-order valence-electron chi connectivity index (χ1n) is 8.01. The number of anilines is 1. The van der Waals surface area contributed by atoms with Gasteiger partial charge in [0.25, 0.3) is 0 Å². The summed E-state index contributed by atoms with van der Waals surface area (Å²) >= 11 is 0. The Morgan fingerprint density at radius 1 is 1.16 bits per heavy atom. The maximum absolute atomic E-state index is 11.6. The van der Waals surface area contributed by atoms with Crippen molar-refractivity contribution < 1.29 is 9.52 Å². The van der Waals surface area contributed by atoms with Gasteiger partial charge in [-0.25, -0.2) is 4.79 Å². The molecule has 0 amide bonds. The molecule has 2 aromatic carbocycles. The Bertz CT molecular complexity index is 1050. The smallest absolute Gasteiger partial charge is 0.336 e. The van der Waals surface area contributed by atoms with E-state index in [1.54, 1.807) is 13.0 Å². The molecule has 0 radical (unpaired) electrons. The lowest BCUT2D eigenvalue weighted by Gasteiger charge is -2.11. The Morgan fingerprint density at radius 2 is 1.92 bits per heavy atom. The largest absolute Gasteiger partial charge is 0.507 e. The first-order valence-corrected chi connectivity index (χ1v) is 8.01. The van der Waals surface area contributed by atoms with Gasteiger partial charge in [0.15, 0.2) is 0 Å². The van der Waals surface area contributed by atoms with Crippen LogP contribution in [0.2, 0.25) is 0 Å². The van der Waals surface area contributed by atoms with Gasteiger partial charge in [0.2, 0.25) is 0 Å². The molecule has 0 unspecified atom stereocenters. The van der Waals surface area contributed by atoms with Crippen LogP contribution in [0.5, 0.6) is 5.75 Å². The van der Waals surface area contributed by atoms with Gasteiger partial charge in [-0.2, -0.15) is 5.10 Å². The van der Waals surface area contributed by atoms with Crippen molar-refractivity contribution in [1.29, 1.82) is 0 Å². The number of benzene rings is 2. The van der Waals surface area contributed by atoms with Gasteiger partial charge < -0.3 is 9.52 Å². The zero-order chi connectivity index (χ0) is 18.1. The number of hydrogen-bond acceptors (Lipinski definition) is 5. The highest BCUT2D eigenvalue weighted by molar-refractivity contribution is 6.05. The number of phenols is 1. The van der Waals surface area contributed by atoms with Crippen LogP contribution in [0, 0.1) is 20.8 Å². The van der Waals surface area contributed by atoms with Crippen molar-refractivity contribution >= 4 is 22.4 Å². The third-order valence-electron chi connectivity index (χ3n) is 4.21. The molecule has 128 valence electrons. The van der Waals surface area contributed by atoms with Crippen LogP contribution < -0.4 is 11.1 Å². The molecule has 5 nitrogen and oxygen atoms in total. The molecule has 0 saturated heterocycles. The van der Waals surface area contributed by atoms with Crippen molar-refractivity contribution in [2.24, 2.45) is 5.10 Å². The molecule has 25 heavy (non-hydrogen) atoms. The number of nitrogens with zero attached hydrogens (tertiary/aromatic N) is 1. The van der Waals surface area contributed by atoms with Gasteiger partial charge in [0, 0.05) is 22.6 Å². The second kappa shape index (κ2) is 6.43. The molecular formula is C20H20N2O3. The van der Waals surface area contributed by atoms with Crippen molar-refractivity contribution in [1.82, 2.24) is 0 Å². The maximum atomic E-state index is 11.6. The maximum Gasteiger partial charge on any atom is 0.336 e. The molecule has 0 aliphatic carbocycles. The zero-order valence-electron chi connectivity index (χ0n) is 14.7. The van der Waals surface area contributed by atoms with Crippen LogP contribution in [0.25, 0.3) is 11.0 Å². The summed E-state index contributed by atoms with van der Waals surface area (Å²) in [6, 6.07) is 11.1. The van der Waals surface area contributed by atoms with Gasteiger partial charge >= 0.3 is 5.63 Å². The van der Waals surface area contributed by atoms with E-state index in [1.807, 2.05) is 45.0 Å². The molecule has 0 saturated carbocycles. The van der Waals surface area contributed by atoms with E-state index in [-0.39, 0.29) is 5.75 Å². The minimum atomic E-state index is -0.424. The molecule has 1 aromatic heterocycles. The number of nitrogens with one attached hydrogen (secondary N) is 1. The number of aromatic hydroxyl groups is 1. The quantitative estimate of drug-likeness (QED) is 0.426. The Balaban J connectivity index is 2.07. The summed E-state index contributed by atoms with van der Waals surface area (Å²) in [5.74, 6) is 0.0635. The lowest BCUT2D eigenvalue weighted by molar-refractivity contribution is 0.467. The first kappa shape index (κ1) is 16.8. The number of aryl methyl sites for hydroxylation is 3. The van der Waals surface area contributed by atoms with E-state index in [9.17, 15) is 9.90 Å². The van der Waals surface area contributed by atoms with Gasteiger partial charge in [-0.1, -0.05) is 12.1 Å². The lowest BCUT2D eigenvalue weighted by Crippen LogP contribution is -2.04. The summed E-state index contributed by atoms with van der Waals surface area (Å²) < 4.78 is 5.26. The summed E-state index contributed by atoms with van der Waals surface area (Å²) in [5, 5.41) is 15.7. The third-order valence-corrected chi connectivity index (χ3v) is 4.21. The topological polar surface area (TPSA) is 74.8 Å². The summed E-state index contributed by atoms with van der Waals surface area (Å²) in [4.78, 5) is 11.6. The minimum Gasteiger partial charge on any atom is -0.507 e. The van der Waals surface area contributed by atoms with Gasteiger partial charge in [0.05, 0.1) is 11.4 Å². The second-order valence-electron chi connectivity index (χ2n) is 6.20. The average Bonchev–Trinajstić information content (AvgIpc) is 2.56. The van der Waals surface area contributed by atoms with E-state index < -0.39 is 5.63 Å². The van der Waals surface area contributed by atoms with Gasteiger partial charge in [0.1, 0.15) is 11.3 Å². The fraction of sp³-hybridized carbons (Fsp3) is 0.200. The van der Waals surface area contributed by atoms with Crippen molar-refractivity contribution in [3.8, 4) is 5.75 Å². The Hall–Kier alpha value is -3.08. The predicted molar refractivity (Wildman–Crippen MR) is 101 cm³/mol. The van der Waals surface area contributed by atoms with Crippen LogP contribution in [0.4, 0.5) is 5.69 Å². The molecule has 0 spiro atoms. The highest BCUT2D eigenvalue weighted by Crippen LogP contribution is 2.32. The van der Waals surface area contributed by atoms with Crippen molar-refractivity contribution in [3.63, 3.8) is 0 Å². The van der Waals surface area contributed by atoms with E-state index in [4.69, 9.17) is 4.42 Å². The summed E-state index contributed by atoms with van der Waals surface area (Å²) in [5.41, 5.74) is 7.56. The first-order chi connectivity index (χ1) is 11.9. The fourth-order valence-electron chi connectivity index (χ4n) is 2.80.